The minimum Gasteiger partial charge on any atom is -0.360 e. The molecule has 0 bridgehead atoms. The van der Waals surface area contributed by atoms with Crippen molar-refractivity contribution in [1.82, 2.24) is 19.7 Å². The van der Waals surface area contributed by atoms with Crippen LogP contribution in [0.1, 0.15) is 18.3 Å². The lowest BCUT2D eigenvalue weighted by molar-refractivity contribution is -0.144. The highest BCUT2D eigenvalue weighted by atomic mass is 19.4. The molecular weight excluding hydrogens is 340 g/mol. The average molecular weight is 360 g/mol. The molecule has 138 valence electrons. The van der Waals surface area contributed by atoms with E-state index in [-0.39, 0.29) is 24.2 Å². The second-order valence-electron chi connectivity index (χ2n) is 6.10. The normalized spacial score (nSPS) is 13.0. The van der Waals surface area contributed by atoms with E-state index >= 15 is 0 Å². The van der Waals surface area contributed by atoms with Crippen molar-refractivity contribution in [2.75, 3.05) is 30.9 Å². The van der Waals surface area contributed by atoms with Gasteiger partial charge in [-0.25, -0.2) is 9.37 Å². The Labute approximate surface area is 142 Å². The fraction of sp³-hybridized carbons (Fsp3) is 0.533. The van der Waals surface area contributed by atoms with Crippen LogP contribution in [0.2, 0.25) is 0 Å². The van der Waals surface area contributed by atoms with E-state index in [9.17, 15) is 17.6 Å². The fourth-order valence-corrected chi connectivity index (χ4v) is 2.30. The number of alkyl halides is 3. The van der Waals surface area contributed by atoms with Gasteiger partial charge < -0.3 is 10.2 Å². The summed E-state index contributed by atoms with van der Waals surface area (Å²) in [5.74, 6) is -0.390. The first-order valence-electron chi connectivity index (χ1n) is 7.63. The Hall–Kier alpha value is -2.39. The maximum atomic E-state index is 13.6. The minimum absolute atomic E-state index is 0.0808. The molecule has 1 atom stereocenters. The summed E-state index contributed by atoms with van der Waals surface area (Å²) in [4.78, 5) is 9.38. The number of nitrogens with zero attached hydrogens (tertiary/aromatic N) is 5. The van der Waals surface area contributed by atoms with E-state index in [1.807, 2.05) is 0 Å². The van der Waals surface area contributed by atoms with Gasteiger partial charge in [0.05, 0.1) is 11.9 Å². The molecule has 2 heterocycles. The van der Waals surface area contributed by atoms with Crippen LogP contribution in [0.15, 0.2) is 12.3 Å². The lowest BCUT2D eigenvalue weighted by Crippen LogP contribution is -2.23. The second-order valence-corrected chi connectivity index (χ2v) is 6.10. The van der Waals surface area contributed by atoms with Gasteiger partial charge in [0.25, 0.3) is 0 Å². The van der Waals surface area contributed by atoms with Crippen LogP contribution in [0, 0.1) is 18.7 Å². The van der Waals surface area contributed by atoms with Gasteiger partial charge in [-0.1, -0.05) is 6.92 Å². The SMILES string of the molecule is Cc1cc(C(F)(F)F)n(CC(C)CNc2ncc(F)c(N(C)C)n2)n1. The Kier molecular flexibility index (Phi) is 5.48. The van der Waals surface area contributed by atoms with Crippen molar-refractivity contribution in [1.29, 1.82) is 0 Å². The van der Waals surface area contributed by atoms with Crippen LogP contribution in [0.4, 0.5) is 29.3 Å². The Bertz CT molecular complexity index is 725. The van der Waals surface area contributed by atoms with Crippen molar-refractivity contribution in [3.8, 4) is 0 Å². The zero-order valence-corrected chi connectivity index (χ0v) is 14.4. The van der Waals surface area contributed by atoms with Crippen LogP contribution < -0.4 is 10.2 Å². The summed E-state index contributed by atoms with van der Waals surface area (Å²) in [6.45, 7) is 3.69. The Morgan fingerprint density at radius 2 is 2.00 bits per heavy atom. The Balaban J connectivity index is 2.02. The van der Waals surface area contributed by atoms with Crippen molar-refractivity contribution in [2.24, 2.45) is 5.92 Å². The monoisotopic (exact) mass is 360 g/mol. The molecule has 10 heteroatoms. The fourth-order valence-electron chi connectivity index (χ4n) is 2.30. The molecule has 0 aliphatic heterocycles. The average Bonchev–Trinajstić information content (AvgIpc) is 2.86. The van der Waals surface area contributed by atoms with Gasteiger partial charge in [0, 0.05) is 27.2 Å². The third-order valence-corrected chi connectivity index (χ3v) is 3.44. The molecule has 2 aromatic heterocycles. The number of aromatic nitrogens is 4. The first-order valence-corrected chi connectivity index (χ1v) is 7.63. The van der Waals surface area contributed by atoms with E-state index in [1.54, 1.807) is 21.0 Å². The molecule has 0 aliphatic carbocycles. The largest absolute Gasteiger partial charge is 0.433 e. The zero-order valence-electron chi connectivity index (χ0n) is 14.4. The van der Waals surface area contributed by atoms with Gasteiger partial charge in [0.15, 0.2) is 11.6 Å². The Morgan fingerprint density at radius 3 is 2.60 bits per heavy atom. The number of rotatable bonds is 6. The molecular formula is C15H20F4N6. The predicted molar refractivity (Wildman–Crippen MR) is 85.9 cm³/mol. The maximum absolute atomic E-state index is 13.6. The number of anilines is 2. The first-order chi connectivity index (χ1) is 11.6. The molecule has 0 saturated carbocycles. The van der Waals surface area contributed by atoms with Crippen molar-refractivity contribution in [2.45, 2.75) is 26.6 Å². The van der Waals surface area contributed by atoms with Gasteiger partial charge in [-0.15, -0.1) is 0 Å². The molecule has 25 heavy (non-hydrogen) atoms. The molecule has 0 aliphatic rings. The lowest BCUT2D eigenvalue weighted by Gasteiger charge is -2.17. The molecule has 6 nitrogen and oxygen atoms in total. The van der Waals surface area contributed by atoms with E-state index in [2.05, 4.69) is 20.4 Å². The van der Waals surface area contributed by atoms with E-state index in [4.69, 9.17) is 0 Å². The third kappa shape index (κ3) is 4.80. The topological polar surface area (TPSA) is 58.9 Å². The van der Waals surface area contributed by atoms with Crippen LogP contribution in [0.25, 0.3) is 0 Å². The summed E-state index contributed by atoms with van der Waals surface area (Å²) in [6.07, 6.45) is -3.40. The van der Waals surface area contributed by atoms with Crippen LogP contribution in [0.5, 0.6) is 0 Å². The Morgan fingerprint density at radius 1 is 1.32 bits per heavy atom. The highest BCUT2D eigenvalue weighted by Crippen LogP contribution is 2.30. The summed E-state index contributed by atoms with van der Waals surface area (Å²) < 4.78 is 53.5. The number of nitrogens with one attached hydrogen (secondary N) is 1. The number of aryl methyl sites for hydroxylation is 1. The van der Waals surface area contributed by atoms with Crippen LogP contribution >= 0.6 is 0 Å². The second kappa shape index (κ2) is 7.24. The highest BCUT2D eigenvalue weighted by molar-refractivity contribution is 5.42. The van der Waals surface area contributed by atoms with Crippen molar-refractivity contribution >= 4 is 11.8 Å². The van der Waals surface area contributed by atoms with Gasteiger partial charge in [-0.05, 0) is 18.9 Å². The van der Waals surface area contributed by atoms with Gasteiger partial charge in [-0.3, -0.25) is 4.68 Å². The molecule has 0 saturated heterocycles. The van der Waals surface area contributed by atoms with Crippen LogP contribution in [-0.2, 0) is 12.7 Å². The van der Waals surface area contributed by atoms with Gasteiger partial charge >= 0.3 is 6.18 Å². The molecule has 0 fully saturated rings. The van der Waals surface area contributed by atoms with Crippen LogP contribution in [0.3, 0.4) is 0 Å². The van der Waals surface area contributed by atoms with E-state index in [0.717, 1.165) is 16.9 Å². The third-order valence-electron chi connectivity index (χ3n) is 3.44. The summed E-state index contributed by atoms with van der Waals surface area (Å²) in [6, 6.07) is 1.02. The van der Waals surface area contributed by atoms with E-state index < -0.39 is 17.7 Å². The molecule has 1 N–H and O–H groups in total. The molecule has 1 unspecified atom stereocenters. The van der Waals surface area contributed by atoms with E-state index in [1.165, 1.54) is 11.8 Å². The zero-order chi connectivity index (χ0) is 18.8. The standard InChI is InChI=1S/C15H20F4N6/c1-9(8-25-12(15(17,18)19)5-10(2)23-25)6-20-14-21-7-11(16)13(22-14)24(3)4/h5,7,9H,6,8H2,1-4H3,(H,20,21,22). The summed E-state index contributed by atoms with van der Waals surface area (Å²) in [5.41, 5.74) is -0.463. The molecule has 0 spiro atoms. The summed E-state index contributed by atoms with van der Waals surface area (Å²) >= 11 is 0. The first kappa shape index (κ1) is 18.9. The van der Waals surface area contributed by atoms with E-state index in [0.29, 0.717) is 12.2 Å². The van der Waals surface area contributed by atoms with Crippen molar-refractivity contribution < 1.29 is 17.6 Å². The minimum atomic E-state index is -4.45. The van der Waals surface area contributed by atoms with Gasteiger partial charge in [0.2, 0.25) is 5.95 Å². The van der Waals surface area contributed by atoms with Crippen molar-refractivity contribution in [3.05, 3.63) is 29.5 Å². The number of hydrogen-bond acceptors (Lipinski definition) is 5. The molecule has 0 amide bonds. The molecule has 2 rings (SSSR count). The quantitative estimate of drug-likeness (QED) is 0.803. The summed E-state index contributed by atoms with van der Waals surface area (Å²) in [5, 5.41) is 6.82. The molecule has 0 radical (unpaired) electrons. The predicted octanol–water partition coefficient (Wildman–Crippen LogP) is 2.95. The van der Waals surface area contributed by atoms with Crippen molar-refractivity contribution in [3.63, 3.8) is 0 Å². The number of halogens is 4. The maximum Gasteiger partial charge on any atom is 0.433 e. The van der Waals surface area contributed by atoms with Gasteiger partial charge in [0.1, 0.15) is 5.69 Å². The number of hydrogen-bond donors (Lipinski definition) is 1. The van der Waals surface area contributed by atoms with Gasteiger partial charge in [-0.2, -0.15) is 23.3 Å². The van der Waals surface area contributed by atoms with Crippen LogP contribution in [-0.4, -0.2) is 40.4 Å². The lowest BCUT2D eigenvalue weighted by atomic mass is 10.2. The highest BCUT2D eigenvalue weighted by Gasteiger charge is 2.35. The summed E-state index contributed by atoms with van der Waals surface area (Å²) in [7, 11) is 3.30. The smallest absolute Gasteiger partial charge is 0.360 e. The molecule has 2 aromatic rings. The molecule has 0 aromatic carbocycles.